The van der Waals surface area contributed by atoms with Crippen molar-refractivity contribution in [3.8, 4) is 0 Å². The van der Waals surface area contributed by atoms with E-state index in [9.17, 15) is 19.4 Å². The molecule has 2 N–H and O–H groups in total. The van der Waals surface area contributed by atoms with Gasteiger partial charge in [-0.05, 0) is 83.5 Å². The molecule has 9 heteroatoms. The van der Waals surface area contributed by atoms with E-state index in [-0.39, 0.29) is 12.5 Å². The Bertz CT molecular complexity index is 1390. The van der Waals surface area contributed by atoms with Crippen LogP contribution in [0.3, 0.4) is 0 Å². The molecule has 66 heavy (non-hydrogen) atoms. The number of likely N-dealkylation sites (N-methyl/N-ethyl adjacent to an activating group) is 1. The first-order valence-corrected chi connectivity index (χ1v) is 28.1. The second-order valence-corrected chi connectivity index (χ2v) is 20.2. The third kappa shape index (κ3) is 49.3. The van der Waals surface area contributed by atoms with Gasteiger partial charge in [-0.1, -0.05) is 214 Å². The summed E-state index contributed by atoms with van der Waals surface area (Å²) in [6.07, 6.45) is 67.9. The van der Waals surface area contributed by atoms with Gasteiger partial charge >= 0.3 is 0 Å². The van der Waals surface area contributed by atoms with Crippen LogP contribution in [0.15, 0.2) is 97.2 Å². The molecule has 0 aliphatic carbocycles. The van der Waals surface area contributed by atoms with Gasteiger partial charge in [0.15, 0.2) is 0 Å². The molecule has 0 aromatic carbocycles. The lowest BCUT2D eigenvalue weighted by molar-refractivity contribution is -0.870. The summed E-state index contributed by atoms with van der Waals surface area (Å²) in [7, 11) is 1.23. The van der Waals surface area contributed by atoms with Crippen LogP contribution < -0.4 is 10.2 Å². The molecule has 3 atom stereocenters. The molecule has 0 heterocycles. The number of allylic oxidation sites excluding steroid dienone is 15. The Balaban J connectivity index is 3.98. The van der Waals surface area contributed by atoms with E-state index in [1.165, 1.54) is 109 Å². The van der Waals surface area contributed by atoms with Crippen molar-refractivity contribution in [2.75, 3.05) is 40.9 Å². The minimum absolute atomic E-state index is 0.00973. The number of phosphoric acid groups is 1. The van der Waals surface area contributed by atoms with Crippen LogP contribution in [0.1, 0.15) is 206 Å². The highest BCUT2D eigenvalue weighted by Crippen LogP contribution is 2.38. The minimum atomic E-state index is -4.60. The number of hydrogen-bond donors (Lipinski definition) is 2. The molecule has 380 valence electrons. The van der Waals surface area contributed by atoms with E-state index >= 15 is 0 Å². The highest BCUT2D eigenvalue weighted by atomic mass is 31.2. The second kappa shape index (κ2) is 47.5. The number of aliphatic hydroxyl groups excluding tert-OH is 1. The molecule has 0 fully saturated rings. The van der Waals surface area contributed by atoms with Crippen LogP contribution in [0.2, 0.25) is 0 Å². The van der Waals surface area contributed by atoms with E-state index in [2.05, 4.69) is 104 Å². The van der Waals surface area contributed by atoms with Crippen LogP contribution in [-0.4, -0.2) is 68.5 Å². The number of aliphatic hydroxyl groups is 1. The normalized spacial score (nSPS) is 14.8. The molecule has 3 unspecified atom stereocenters. The van der Waals surface area contributed by atoms with E-state index in [1.807, 2.05) is 27.2 Å². The Kier molecular flexibility index (Phi) is 45.6. The Morgan fingerprint density at radius 1 is 0.545 bits per heavy atom. The van der Waals surface area contributed by atoms with Crippen molar-refractivity contribution in [2.24, 2.45) is 0 Å². The van der Waals surface area contributed by atoms with E-state index in [0.29, 0.717) is 17.4 Å². The number of nitrogens with zero attached hydrogens (tertiary/aromatic N) is 1. The third-order valence-corrected chi connectivity index (χ3v) is 12.2. The van der Waals surface area contributed by atoms with Crippen molar-refractivity contribution in [1.82, 2.24) is 5.32 Å². The van der Waals surface area contributed by atoms with Gasteiger partial charge in [-0.3, -0.25) is 9.36 Å². The predicted molar refractivity (Wildman–Crippen MR) is 283 cm³/mol. The Morgan fingerprint density at radius 3 is 1.41 bits per heavy atom. The average molecular weight is 941 g/mol. The molecule has 1 amide bonds. The summed E-state index contributed by atoms with van der Waals surface area (Å²) in [5, 5.41) is 13.7. The molecule has 0 aliphatic heterocycles. The fraction of sp³-hybridized carbons (Fsp3) is 0.702. The molecule has 0 spiro atoms. The molecular formula is C57H101N2O6P. The fourth-order valence-corrected chi connectivity index (χ4v) is 7.84. The number of carbonyl (C=O) groups is 1. The van der Waals surface area contributed by atoms with Gasteiger partial charge in [-0.2, -0.15) is 0 Å². The van der Waals surface area contributed by atoms with E-state index < -0.39 is 26.6 Å². The molecule has 0 aromatic heterocycles. The Hall–Kier alpha value is -2.58. The fourth-order valence-electron chi connectivity index (χ4n) is 7.11. The number of nitrogens with one attached hydrogen (secondary N) is 1. The van der Waals surface area contributed by atoms with Gasteiger partial charge in [0.25, 0.3) is 7.82 Å². The zero-order valence-corrected chi connectivity index (χ0v) is 44.0. The molecule has 0 bridgehead atoms. The zero-order chi connectivity index (χ0) is 48.5. The van der Waals surface area contributed by atoms with Crippen molar-refractivity contribution >= 4 is 13.7 Å². The van der Waals surface area contributed by atoms with Gasteiger partial charge in [-0.15, -0.1) is 0 Å². The summed E-state index contributed by atoms with van der Waals surface area (Å²) in [6, 6.07) is -0.905. The number of amides is 1. The van der Waals surface area contributed by atoms with Crippen molar-refractivity contribution in [1.29, 1.82) is 0 Å². The monoisotopic (exact) mass is 941 g/mol. The summed E-state index contributed by atoms with van der Waals surface area (Å²) in [5.41, 5.74) is 0. The number of rotatable bonds is 47. The zero-order valence-electron chi connectivity index (χ0n) is 43.1. The van der Waals surface area contributed by atoms with Crippen molar-refractivity contribution in [3.63, 3.8) is 0 Å². The van der Waals surface area contributed by atoms with Gasteiger partial charge in [0, 0.05) is 6.42 Å². The van der Waals surface area contributed by atoms with Crippen LogP contribution in [0, 0.1) is 0 Å². The number of hydrogen-bond acceptors (Lipinski definition) is 6. The standard InChI is InChI=1S/C57H101N2O6P/c1-6-8-10-12-14-16-17-18-19-20-21-22-23-24-25-26-27-28-29-30-31-32-33-34-35-36-37-38-39-40-41-43-45-47-49-51-57(61)58-55(54-65-66(62,63)64-53-52-59(3,4)5)56(60)50-48-46-44-42-15-13-11-9-7-2/h8,10,14-16,18-19,21-22,24-25,27-28,42,48,50,55-56,60H,6-7,9,11-13,17,20,23,26,29-41,43-47,49,51-54H2,1-5H3,(H-,58,61,62,63)/b10-8-,16-14-,19-18-,22-21-,25-24-,28-27-,42-15+,50-48+. The first-order chi connectivity index (χ1) is 32.0. The SMILES string of the molecule is CC/C=C\C/C=C\C/C=C\C/C=C\C/C=C\C/C=C\CCCCCCCCCCCCCCCCCCC(=O)NC(COP(=O)([O-])OCC[N+](C)(C)C)C(O)/C=C/CC/C=C/CCCCC. The van der Waals surface area contributed by atoms with Gasteiger partial charge in [-0.25, -0.2) is 0 Å². The van der Waals surface area contributed by atoms with Gasteiger partial charge in [0.1, 0.15) is 13.2 Å². The van der Waals surface area contributed by atoms with Gasteiger partial charge in [0.2, 0.25) is 5.91 Å². The predicted octanol–water partition coefficient (Wildman–Crippen LogP) is 15.2. The molecule has 0 saturated heterocycles. The summed E-state index contributed by atoms with van der Waals surface area (Å²) < 4.78 is 23.2. The Labute approximate surface area is 407 Å². The number of quaternary nitrogens is 1. The van der Waals surface area contributed by atoms with Crippen LogP contribution in [0.4, 0.5) is 0 Å². The molecule has 8 nitrogen and oxygen atoms in total. The van der Waals surface area contributed by atoms with Crippen LogP contribution >= 0.6 is 7.82 Å². The van der Waals surface area contributed by atoms with Crippen molar-refractivity contribution < 1.29 is 32.9 Å². The van der Waals surface area contributed by atoms with E-state index in [0.717, 1.165) is 77.0 Å². The molecule has 0 aromatic rings. The lowest BCUT2D eigenvalue weighted by Gasteiger charge is -2.29. The molecule has 0 rings (SSSR count). The largest absolute Gasteiger partial charge is 0.756 e. The van der Waals surface area contributed by atoms with Crippen LogP contribution in [-0.2, 0) is 18.4 Å². The maximum atomic E-state index is 12.9. The third-order valence-electron chi connectivity index (χ3n) is 11.3. The molecule has 0 saturated carbocycles. The van der Waals surface area contributed by atoms with Crippen molar-refractivity contribution in [2.45, 2.75) is 219 Å². The topological polar surface area (TPSA) is 108 Å². The van der Waals surface area contributed by atoms with E-state index in [4.69, 9.17) is 9.05 Å². The quantitative estimate of drug-likeness (QED) is 0.0272. The lowest BCUT2D eigenvalue weighted by atomic mass is 10.0. The summed E-state index contributed by atoms with van der Waals surface area (Å²) >= 11 is 0. The Morgan fingerprint density at radius 2 is 0.939 bits per heavy atom. The number of unbranched alkanes of at least 4 members (excludes halogenated alkanes) is 20. The lowest BCUT2D eigenvalue weighted by Crippen LogP contribution is -2.45. The molecule has 0 radical (unpaired) electrons. The highest BCUT2D eigenvalue weighted by Gasteiger charge is 2.23. The van der Waals surface area contributed by atoms with Crippen LogP contribution in [0.25, 0.3) is 0 Å². The molecule has 0 aliphatic rings. The smallest absolute Gasteiger partial charge is 0.268 e. The maximum Gasteiger partial charge on any atom is 0.268 e. The summed E-state index contributed by atoms with van der Waals surface area (Å²) in [4.78, 5) is 25.3. The first-order valence-electron chi connectivity index (χ1n) is 26.6. The maximum absolute atomic E-state index is 12.9. The summed E-state index contributed by atoms with van der Waals surface area (Å²) in [5.74, 6) is -0.213. The van der Waals surface area contributed by atoms with Crippen LogP contribution in [0.5, 0.6) is 0 Å². The van der Waals surface area contributed by atoms with Gasteiger partial charge in [0.05, 0.1) is 39.9 Å². The summed E-state index contributed by atoms with van der Waals surface area (Å²) in [6.45, 7) is 4.44. The first kappa shape index (κ1) is 63.4. The second-order valence-electron chi connectivity index (χ2n) is 18.8. The minimum Gasteiger partial charge on any atom is -0.756 e. The molecular weight excluding hydrogens is 840 g/mol. The van der Waals surface area contributed by atoms with Crippen molar-refractivity contribution in [3.05, 3.63) is 97.2 Å². The van der Waals surface area contributed by atoms with E-state index in [1.54, 1.807) is 6.08 Å². The number of carbonyl (C=O) groups excluding carboxylic acids is 1. The number of phosphoric ester groups is 1. The average Bonchev–Trinajstić information content (AvgIpc) is 3.28. The van der Waals surface area contributed by atoms with Gasteiger partial charge < -0.3 is 28.8 Å². The highest BCUT2D eigenvalue weighted by molar-refractivity contribution is 7.45.